The highest BCUT2D eigenvalue weighted by molar-refractivity contribution is 6.14. The van der Waals surface area contributed by atoms with Crippen LogP contribution in [0.2, 0.25) is 0 Å². The van der Waals surface area contributed by atoms with Crippen LogP contribution in [0.1, 0.15) is 0 Å². The second-order valence-corrected chi connectivity index (χ2v) is 12.6. The highest BCUT2D eigenvalue weighted by Crippen LogP contribution is 2.45. The van der Waals surface area contributed by atoms with E-state index in [4.69, 9.17) is 0 Å². The predicted octanol–water partition coefficient (Wildman–Crippen LogP) is 13.8. The van der Waals surface area contributed by atoms with Gasteiger partial charge in [0.25, 0.3) is 0 Å². The molecule has 0 fully saturated rings. The monoisotopic (exact) mass is 638 g/mol. The van der Waals surface area contributed by atoms with E-state index in [1.807, 2.05) is 0 Å². The van der Waals surface area contributed by atoms with Gasteiger partial charge in [-0.2, -0.15) is 0 Å². The van der Waals surface area contributed by atoms with Gasteiger partial charge in [-0.3, -0.25) is 0 Å². The lowest BCUT2D eigenvalue weighted by Crippen LogP contribution is -2.13. The van der Waals surface area contributed by atoms with Crippen LogP contribution in [-0.2, 0) is 0 Å². The summed E-state index contributed by atoms with van der Waals surface area (Å²) in [6, 6.07) is 74.3. The van der Waals surface area contributed by atoms with E-state index in [-0.39, 0.29) is 0 Å². The number of anilines is 6. The smallest absolute Gasteiger partial charge is 0.0488 e. The van der Waals surface area contributed by atoms with Gasteiger partial charge in [0.15, 0.2) is 0 Å². The van der Waals surface area contributed by atoms with Gasteiger partial charge < -0.3 is 9.80 Å². The maximum absolute atomic E-state index is 2.39. The first kappa shape index (κ1) is 29.5. The Hall–Kier alpha value is -6.64. The van der Waals surface area contributed by atoms with Crippen molar-refractivity contribution in [1.29, 1.82) is 0 Å². The lowest BCUT2D eigenvalue weighted by molar-refractivity contribution is 1.25. The number of para-hydroxylation sites is 3. The van der Waals surface area contributed by atoms with Gasteiger partial charge in [0.05, 0.1) is 0 Å². The maximum atomic E-state index is 2.39. The lowest BCUT2D eigenvalue weighted by atomic mass is 9.92. The molecule has 0 spiro atoms. The second kappa shape index (κ2) is 12.8. The first-order valence-corrected chi connectivity index (χ1v) is 17.1. The Morgan fingerprint density at radius 3 is 1.30 bits per heavy atom. The van der Waals surface area contributed by atoms with Crippen molar-refractivity contribution in [2.45, 2.75) is 0 Å². The zero-order valence-electron chi connectivity index (χ0n) is 27.5. The Bertz CT molecular complexity index is 2560. The molecule has 0 saturated carbocycles. The molecule has 9 aromatic carbocycles. The average Bonchev–Trinajstić information content (AvgIpc) is 3.19. The Morgan fingerprint density at radius 2 is 0.700 bits per heavy atom. The second-order valence-electron chi connectivity index (χ2n) is 12.6. The first-order chi connectivity index (χ1) is 24.8. The Labute approximate surface area is 292 Å². The molecular formula is C48H34N2. The first-order valence-electron chi connectivity index (χ1n) is 17.1. The van der Waals surface area contributed by atoms with E-state index in [0.717, 1.165) is 39.7 Å². The minimum Gasteiger partial charge on any atom is -0.310 e. The SMILES string of the molecule is c1ccc(N(c2ccccc2)c2cc(-c3cc4ccccc4c4ccccc34)cc(N(c3ccccc3)c3ccc4ccccc4c3)c2)cc1. The van der Waals surface area contributed by atoms with Crippen LogP contribution in [0, 0.1) is 0 Å². The van der Waals surface area contributed by atoms with Crippen molar-refractivity contribution in [3.8, 4) is 11.1 Å². The molecule has 0 atom stereocenters. The van der Waals surface area contributed by atoms with Crippen LogP contribution in [0.5, 0.6) is 0 Å². The van der Waals surface area contributed by atoms with E-state index < -0.39 is 0 Å². The quantitative estimate of drug-likeness (QED) is 0.160. The molecule has 0 heterocycles. The minimum absolute atomic E-state index is 1.08. The van der Waals surface area contributed by atoms with Crippen LogP contribution < -0.4 is 9.80 Å². The fourth-order valence-corrected chi connectivity index (χ4v) is 7.24. The van der Waals surface area contributed by atoms with Crippen molar-refractivity contribution in [2.24, 2.45) is 0 Å². The molecule has 0 aromatic heterocycles. The van der Waals surface area contributed by atoms with E-state index in [1.54, 1.807) is 0 Å². The van der Waals surface area contributed by atoms with Crippen LogP contribution in [0.15, 0.2) is 206 Å². The molecule has 0 amide bonds. The van der Waals surface area contributed by atoms with E-state index in [9.17, 15) is 0 Å². The minimum atomic E-state index is 1.08. The Balaban J connectivity index is 1.36. The van der Waals surface area contributed by atoms with Crippen molar-refractivity contribution >= 4 is 66.4 Å². The number of hydrogen-bond donors (Lipinski definition) is 0. The standard InChI is InChI=1S/C48H34N2/c1-4-19-39(20-5-1)49(40-21-6-2-7-22-40)43-31-38(48-33-37-18-12-13-25-45(37)46-26-14-15-27-47(46)48)32-44(34-43)50(41-23-8-3-9-24-41)42-29-28-35-16-10-11-17-36(35)30-42/h1-34H. The third kappa shape index (κ3) is 5.43. The van der Waals surface area contributed by atoms with Crippen LogP contribution >= 0.6 is 0 Å². The van der Waals surface area contributed by atoms with Gasteiger partial charge in [-0.15, -0.1) is 0 Å². The molecule has 0 saturated heterocycles. The molecule has 0 aliphatic heterocycles. The summed E-state index contributed by atoms with van der Waals surface area (Å²) in [5, 5.41) is 7.41. The summed E-state index contributed by atoms with van der Waals surface area (Å²) in [7, 11) is 0. The summed E-state index contributed by atoms with van der Waals surface area (Å²) in [5.74, 6) is 0. The van der Waals surface area contributed by atoms with Gasteiger partial charge in [0, 0.05) is 34.1 Å². The van der Waals surface area contributed by atoms with Crippen molar-refractivity contribution in [3.05, 3.63) is 206 Å². The lowest BCUT2D eigenvalue weighted by Gasteiger charge is -2.30. The maximum Gasteiger partial charge on any atom is 0.0488 e. The summed E-state index contributed by atoms with van der Waals surface area (Å²) in [5.41, 5.74) is 8.91. The van der Waals surface area contributed by atoms with Crippen molar-refractivity contribution in [2.75, 3.05) is 9.80 Å². The summed E-state index contributed by atoms with van der Waals surface area (Å²) >= 11 is 0. The number of rotatable bonds is 7. The normalized spacial score (nSPS) is 11.2. The Kier molecular flexibility index (Phi) is 7.53. The predicted molar refractivity (Wildman–Crippen MR) is 214 cm³/mol. The van der Waals surface area contributed by atoms with E-state index in [1.165, 1.54) is 37.9 Å². The van der Waals surface area contributed by atoms with Crippen molar-refractivity contribution in [1.82, 2.24) is 0 Å². The third-order valence-corrected chi connectivity index (χ3v) is 9.53. The number of fused-ring (bicyclic) bond motifs is 4. The van der Waals surface area contributed by atoms with Gasteiger partial charge in [0.1, 0.15) is 0 Å². The molecule has 2 heteroatoms. The van der Waals surface area contributed by atoms with Gasteiger partial charge in [0.2, 0.25) is 0 Å². The summed E-state index contributed by atoms with van der Waals surface area (Å²) in [6.45, 7) is 0. The molecule has 9 aromatic rings. The molecule has 236 valence electrons. The third-order valence-electron chi connectivity index (χ3n) is 9.53. The molecule has 0 radical (unpaired) electrons. The zero-order chi connectivity index (χ0) is 33.3. The van der Waals surface area contributed by atoms with E-state index in [2.05, 4.69) is 216 Å². The zero-order valence-corrected chi connectivity index (χ0v) is 27.5. The summed E-state index contributed by atoms with van der Waals surface area (Å²) in [4.78, 5) is 4.75. The number of hydrogen-bond acceptors (Lipinski definition) is 2. The molecule has 0 N–H and O–H groups in total. The van der Waals surface area contributed by atoms with Crippen LogP contribution in [0.3, 0.4) is 0 Å². The number of nitrogens with zero attached hydrogens (tertiary/aromatic N) is 2. The highest BCUT2D eigenvalue weighted by atomic mass is 15.2. The van der Waals surface area contributed by atoms with Crippen LogP contribution in [0.25, 0.3) is 43.4 Å². The molecule has 9 rings (SSSR count). The fraction of sp³-hybridized carbons (Fsp3) is 0. The molecular weight excluding hydrogens is 605 g/mol. The molecule has 0 unspecified atom stereocenters. The van der Waals surface area contributed by atoms with Crippen molar-refractivity contribution in [3.63, 3.8) is 0 Å². The highest BCUT2D eigenvalue weighted by Gasteiger charge is 2.20. The van der Waals surface area contributed by atoms with Crippen LogP contribution in [0.4, 0.5) is 34.1 Å². The summed E-state index contributed by atoms with van der Waals surface area (Å²) < 4.78 is 0. The van der Waals surface area contributed by atoms with Gasteiger partial charge in [-0.1, -0.05) is 133 Å². The molecule has 0 aliphatic rings. The largest absolute Gasteiger partial charge is 0.310 e. The average molecular weight is 639 g/mol. The van der Waals surface area contributed by atoms with Gasteiger partial charge in [-0.05, 0) is 116 Å². The topological polar surface area (TPSA) is 6.48 Å². The number of benzene rings is 9. The molecule has 50 heavy (non-hydrogen) atoms. The van der Waals surface area contributed by atoms with E-state index >= 15 is 0 Å². The Morgan fingerprint density at radius 1 is 0.240 bits per heavy atom. The van der Waals surface area contributed by atoms with Crippen molar-refractivity contribution < 1.29 is 0 Å². The molecule has 0 bridgehead atoms. The van der Waals surface area contributed by atoms with Crippen LogP contribution in [-0.4, -0.2) is 0 Å². The fourth-order valence-electron chi connectivity index (χ4n) is 7.24. The van der Waals surface area contributed by atoms with Gasteiger partial charge in [-0.25, -0.2) is 0 Å². The molecule has 0 aliphatic carbocycles. The summed E-state index contributed by atoms with van der Waals surface area (Å²) in [6.07, 6.45) is 0. The molecule has 2 nitrogen and oxygen atoms in total. The van der Waals surface area contributed by atoms with E-state index in [0.29, 0.717) is 0 Å². The van der Waals surface area contributed by atoms with Gasteiger partial charge >= 0.3 is 0 Å².